The number of likely N-dealkylation sites (tertiary alicyclic amines) is 1. The minimum absolute atomic E-state index is 0.109. The van der Waals surface area contributed by atoms with Crippen molar-refractivity contribution in [1.82, 2.24) is 14.8 Å². The van der Waals surface area contributed by atoms with Crippen LogP contribution in [0, 0.1) is 10.1 Å². The Bertz CT molecular complexity index is 1270. The summed E-state index contributed by atoms with van der Waals surface area (Å²) in [6, 6.07) is 1.53. The second-order valence-electron chi connectivity index (χ2n) is 11.4. The molecule has 38 heavy (non-hydrogen) atoms. The lowest BCUT2D eigenvalue weighted by atomic mass is 9.90. The fourth-order valence-electron chi connectivity index (χ4n) is 4.77. The molecule has 0 spiro atoms. The van der Waals surface area contributed by atoms with Crippen molar-refractivity contribution >= 4 is 73.3 Å². The van der Waals surface area contributed by atoms with Crippen LogP contribution >= 0.6 is 39.1 Å². The van der Waals surface area contributed by atoms with Crippen molar-refractivity contribution < 1.29 is 14.5 Å². The molecular formula is C25H33BrCl2N6O4. The third kappa shape index (κ3) is 5.61. The summed E-state index contributed by atoms with van der Waals surface area (Å²) in [5.74, 6) is 0.270. The number of hydrogen-bond acceptors (Lipinski definition) is 8. The summed E-state index contributed by atoms with van der Waals surface area (Å²) in [4.78, 5) is 35.0. The smallest absolute Gasteiger partial charge is 0.410 e. The van der Waals surface area contributed by atoms with Crippen LogP contribution in [0.3, 0.4) is 0 Å². The maximum Gasteiger partial charge on any atom is 0.410 e. The number of nitro groups is 1. The summed E-state index contributed by atoms with van der Waals surface area (Å²) >= 11 is 16.5. The van der Waals surface area contributed by atoms with Crippen molar-refractivity contribution in [2.45, 2.75) is 57.7 Å². The zero-order chi connectivity index (χ0) is 28.2. The molecule has 2 aromatic rings. The van der Waals surface area contributed by atoms with E-state index < -0.39 is 10.5 Å². The van der Waals surface area contributed by atoms with E-state index in [1.54, 1.807) is 11.0 Å². The number of ether oxygens (including phenoxy) is 1. The standard InChI is InChI=1S/C25H33BrCl2N6O4/c1-24(2,3)38-23(35)32-9-7-14(8-10-32)29-20-15-11-16(27)17(26)18(28)19(15)30-22(21(20)34(36)37)33-12-25(4,13-33)31(5)6/h11,14H,7-10,12-13H2,1-6H3,(H,29,30). The highest BCUT2D eigenvalue weighted by molar-refractivity contribution is 9.10. The predicted octanol–water partition coefficient (Wildman–Crippen LogP) is 6.16. The van der Waals surface area contributed by atoms with Crippen molar-refractivity contribution in [3.05, 3.63) is 30.7 Å². The van der Waals surface area contributed by atoms with Gasteiger partial charge >= 0.3 is 11.8 Å². The summed E-state index contributed by atoms with van der Waals surface area (Å²) in [5, 5.41) is 17.0. The zero-order valence-electron chi connectivity index (χ0n) is 22.4. The highest BCUT2D eigenvalue weighted by atomic mass is 79.9. The number of nitrogens with zero attached hydrogens (tertiary/aromatic N) is 5. The molecule has 0 bridgehead atoms. The highest BCUT2D eigenvalue weighted by Crippen LogP contribution is 2.47. The Morgan fingerprint density at radius 2 is 1.89 bits per heavy atom. The van der Waals surface area contributed by atoms with Gasteiger partial charge in [-0.3, -0.25) is 10.1 Å². The topological polar surface area (TPSA) is 104 Å². The zero-order valence-corrected chi connectivity index (χ0v) is 25.5. The molecule has 208 valence electrons. The van der Waals surface area contributed by atoms with Crippen LogP contribution in [0.25, 0.3) is 10.9 Å². The number of rotatable bonds is 5. The van der Waals surface area contributed by atoms with E-state index in [0.29, 0.717) is 70.1 Å². The van der Waals surface area contributed by atoms with Crippen LogP contribution in [0.15, 0.2) is 10.5 Å². The Morgan fingerprint density at radius 1 is 1.29 bits per heavy atom. The monoisotopic (exact) mass is 630 g/mol. The van der Waals surface area contributed by atoms with Gasteiger partial charge in [0, 0.05) is 37.6 Å². The molecule has 3 heterocycles. The molecule has 13 heteroatoms. The molecule has 1 N–H and O–H groups in total. The molecule has 4 rings (SSSR count). The predicted molar refractivity (Wildman–Crippen MR) is 155 cm³/mol. The molecule has 2 aliphatic rings. The second kappa shape index (κ2) is 10.5. The number of fused-ring (bicyclic) bond motifs is 1. The Balaban J connectivity index is 1.71. The van der Waals surface area contributed by atoms with Gasteiger partial charge in [0.25, 0.3) is 0 Å². The number of hydrogen-bond donors (Lipinski definition) is 1. The first-order valence-corrected chi connectivity index (χ1v) is 14.0. The number of anilines is 2. The molecule has 1 amide bonds. The summed E-state index contributed by atoms with van der Waals surface area (Å²) < 4.78 is 5.98. The minimum atomic E-state index is -0.578. The molecule has 0 atom stereocenters. The lowest BCUT2D eigenvalue weighted by molar-refractivity contribution is -0.383. The summed E-state index contributed by atoms with van der Waals surface area (Å²) in [7, 11) is 3.98. The maximum atomic E-state index is 12.5. The molecule has 10 nitrogen and oxygen atoms in total. The average Bonchev–Trinajstić information content (AvgIpc) is 2.79. The van der Waals surface area contributed by atoms with Crippen molar-refractivity contribution in [3.63, 3.8) is 0 Å². The molecule has 0 radical (unpaired) electrons. The molecular weight excluding hydrogens is 599 g/mol. The molecule has 1 aromatic heterocycles. The van der Waals surface area contributed by atoms with Crippen LogP contribution in [0.2, 0.25) is 10.0 Å². The molecule has 2 saturated heterocycles. The van der Waals surface area contributed by atoms with Gasteiger partial charge in [-0.25, -0.2) is 9.78 Å². The third-order valence-corrected chi connectivity index (χ3v) is 9.14. The number of piperidine rings is 1. The molecule has 0 saturated carbocycles. The average molecular weight is 632 g/mol. The van der Waals surface area contributed by atoms with Gasteiger partial charge in [-0.05, 0) is 76.6 Å². The van der Waals surface area contributed by atoms with Crippen molar-refractivity contribution in [1.29, 1.82) is 0 Å². The minimum Gasteiger partial charge on any atom is -0.444 e. The summed E-state index contributed by atoms with van der Waals surface area (Å²) in [6.45, 7) is 9.71. The van der Waals surface area contributed by atoms with Gasteiger partial charge < -0.3 is 24.8 Å². The quantitative estimate of drug-likeness (QED) is 0.238. The van der Waals surface area contributed by atoms with Crippen molar-refractivity contribution in [2.24, 2.45) is 0 Å². The fourth-order valence-corrected chi connectivity index (χ4v) is 5.57. The van der Waals surface area contributed by atoms with E-state index in [9.17, 15) is 14.9 Å². The fraction of sp³-hybridized carbons (Fsp3) is 0.600. The number of pyridine rings is 1. The molecule has 2 aliphatic heterocycles. The first-order chi connectivity index (χ1) is 17.6. The van der Waals surface area contributed by atoms with Gasteiger partial charge in [0.1, 0.15) is 11.3 Å². The molecule has 0 unspecified atom stereocenters. The highest BCUT2D eigenvalue weighted by Gasteiger charge is 2.45. The number of halogens is 3. The lowest BCUT2D eigenvalue weighted by Crippen LogP contribution is -2.67. The van der Waals surface area contributed by atoms with E-state index in [4.69, 9.17) is 32.9 Å². The Kier molecular flexibility index (Phi) is 7.97. The van der Waals surface area contributed by atoms with E-state index in [-0.39, 0.29) is 29.2 Å². The summed E-state index contributed by atoms with van der Waals surface area (Å²) in [6.07, 6.45) is 0.829. The maximum absolute atomic E-state index is 12.5. The van der Waals surface area contributed by atoms with Crippen LogP contribution in [-0.2, 0) is 4.74 Å². The lowest BCUT2D eigenvalue weighted by Gasteiger charge is -2.52. The van der Waals surface area contributed by atoms with Crippen LogP contribution < -0.4 is 10.2 Å². The third-order valence-electron chi connectivity index (χ3n) is 7.19. The van der Waals surface area contributed by atoms with Gasteiger partial charge in [-0.15, -0.1) is 0 Å². The van der Waals surface area contributed by atoms with Crippen molar-refractivity contribution in [2.75, 3.05) is 50.5 Å². The Hall–Kier alpha value is -2.08. The SMILES string of the molecule is CN(C)C1(C)CN(c2nc3c(Cl)c(Br)c(Cl)cc3c(NC3CCN(C(=O)OC(C)(C)C)CC3)c2[N+](=O)[O-])C1. The van der Waals surface area contributed by atoms with E-state index in [2.05, 4.69) is 33.1 Å². The second-order valence-corrected chi connectivity index (χ2v) is 13.0. The molecule has 0 aliphatic carbocycles. The normalized spacial score (nSPS) is 18.1. The van der Waals surface area contributed by atoms with Gasteiger partial charge in [0.2, 0.25) is 5.82 Å². The van der Waals surface area contributed by atoms with Gasteiger partial charge in [-0.1, -0.05) is 23.2 Å². The number of carbonyl (C=O) groups is 1. The number of carbonyl (C=O) groups excluding carboxylic acids is 1. The van der Waals surface area contributed by atoms with E-state index in [0.717, 1.165) is 0 Å². The largest absolute Gasteiger partial charge is 0.444 e. The number of amides is 1. The number of aromatic nitrogens is 1. The van der Waals surface area contributed by atoms with Crippen LogP contribution in [0.1, 0.15) is 40.5 Å². The number of nitrogens with one attached hydrogen (secondary N) is 1. The number of benzene rings is 1. The van der Waals surface area contributed by atoms with E-state index in [1.165, 1.54) is 0 Å². The van der Waals surface area contributed by atoms with Crippen LogP contribution in [0.5, 0.6) is 0 Å². The van der Waals surface area contributed by atoms with Crippen LogP contribution in [0.4, 0.5) is 22.0 Å². The molecule has 2 fully saturated rings. The van der Waals surface area contributed by atoms with Crippen molar-refractivity contribution in [3.8, 4) is 0 Å². The molecule has 1 aromatic carbocycles. The van der Waals surface area contributed by atoms with Gasteiger partial charge in [0.05, 0.1) is 30.5 Å². The Labute approximate surface area is 240 Å². The first kappa shape index (κ1) is 28.9. The van der Waals surface area contributed by atoms with E-state index >= 15 is 0 Å². The van der Waals surface area contributed by atoms with Gasteiger partial charge in [0.15, 0.2) is 0 Å². The Morgan fingerprint density at radius 3 is 2.42 bits per heavy atom. The first-order valence-electron chi connectivity index (χ1n) is 12.4. The van der Waals surface area contributed by atoms with E-state index in [1.807, 2.05) is 39.8 Å². The van der Waals surface area contributed by atoms with Gasteiger partial charge in [-0.2, -0.15) is 0 Å². The number of likely N-dealkylation sites (N-methyl/N-ethyl adjacent to an activating group) is 1. The summed E-state index contributed by atoms with van der Waals surface area (Å²) in [5.41, 5.74) is -0.0545. The van der Waals surface area contributed by atoms with Crippen LogP contribution in [-0.4, -0.2) is 83.3 Å².